The van der Waals surface area contributed by atoms with Crippen LogP contribution in [0.1, 0.15) is 30.9 Å². The van der Waals surface area contributed by atoms with Gasteiger partial charge in [0.15, 0.2) is 0 Å². The molecule has 1 aliphatic carbocycles. The number of carbonyl (C=O) groups is 1. The Labute approximate surface area is 96.1 Å². The number of rotatable bonds is 3. The van der Waals surface area contributed by atoms with Gasteiger partial charge >= 0.3 is 5.97 Å². The second kappa shape index (κ2) is 3.48. The number of aliphatic carboxylic acids is 1. The lowest BCUT2D eigenvalue weighted by atomic mass is 9.92. The van der Waals surface area contributed by atoms with E-state index < -0.39 is 23.1 Å². The summed E-state index contributed by atoms with van der Waals surface area (Å²) < 4.78 is 39.8. The van der Waals surface area contributed by atoms with E-state index in [0.29, 0.717) is 6.92 Å². The first-order valence-electron chi connectivity index (χ1n) is 5.19. The minimum Gasteiger partial charge on any atom is -0.481 e. The molecule has 1 aromatic carbocycles. The van der Waals surface area contributed by atoms with Crippen LogP contribution < -0.4 is 0 Å². The van der Waals surface area contributed by atoms with Crippen molar-refractivity contribution in [3.63, 3.8) is 0 Å². The smallest absolute Gasteiger partial charge is 0.314 e. The molecule has 1 saturated carbocycles. The molecule has 0 aromatic heterocycles. The number of benzene rings is 1. The van der Waals surface area contributed by atoms with E-state index in [-0.39, 0.29) is 24.0 Å². The average molecular weight is 244 g/mol. The van der Waals surface area contributed by atoms with Crippen molar-refractivity contribution in [1.82, 2.24) is 0 Å². The third-order valence-corrected chi connectivity index (χ3v) is 3.15. The van der Waals surface area contributed by atoms with E-state index in [9.17, 15) is 18.0 Å². The van der Waals surface area contributed by atoms with Gasteiger partial charge < -0.3 is 5.11 Å². The molecule has 0 aliphatic heterocycles. The Morgan fingerprint density at radius 2 is 2.00 bits per heavy atom. The van der Waals surface area contributed by atoms with Gasteiger partial charge in [0.05, 0.1) is 5.41 Å². The number of halogens is 3. The lowest BCUT2D eigenvalue weighted by molar-refractivity contribution is -0.140. The predicted molar refractivity (Wildman–Crippen MR) is 54.5 cm³/mol. The van der Waals surface area contributed by atoms with Crippen LogP contribution in [0.15, 0.2) is 18.2 Å². The van der Waals surface area contributed by atoms with Crippen molar-refractivity contribution in [3.05, 3.63) is 35.1 Å². The summed E-state index contributed by atoms with van der Waals surface area (Å²) >= 11 is 0. The molecular weight excluding hydrogens is 233 g/mol. The fraction of sp³-hybridized carbons (Fsp3) is 0.417. The molecule has 0 bridgehead atoms. The molecule has 2 nitrogen and oxygen atoms in total. The zero-order valence-electron chi connectivity index (χ0n) is 9.14. The van der Waals surface area contributed by atoms with Gasteiger partial charge in [-0.1, -0.05) is 6.07 Å². The number of carboxylic acids is 1. The Balaban J connectivity index is 2.51. The minimum atomic E-state index is -3.10. The van der Waals surface area contributed by atoms with Crippen LogP contribution in [0.3, 0.4) is 0 Å². The highest BCUT2D eigenvalue weighted by Gasteiger charge is 2.53. The molecule has 0 saturated heterocycles. The third-order valence-electron chi connectivity index (χ3n) is 3.15. The van der Waals surface area contributed by atoms with Crippen molar-refractivity contribution in [1.29, 1.82) is 0 Å². The van der Waals surface area contributed by atoms with Crippen LogP contribution in [0.4, 0.5) is 13.2 Å². The van der Waals surface area contributed by atoms with Gasteiger partial charge in [0.25, 0.3) is 5.92 Å². The van der Waals surface area contributed by atoms with Crippen molar-refractivity contribution < 1.29 is 23.1 Å². The Morgan fingerprint density at radius 3 is 2.41 bits per heavy atom. The fourth-order valence-electron chi connectivity index (χ4n) is 1.89. The van der Waals surface area contributed by atoms with Gasteiger partial charge in [0.2, 0.25) is 0 Å². The normalized spacial score (nSPS) is 17.9. The lowest BCUT2D eigenvalue weighted by Crippen LogP contribution is -2.22. The maximum absolute atomic E-state index is 13.5. The van der Waals surface area contributed by atoms with Crippen LogP contribution in [-0.2, 0) is 16.1 Å². The molecule has 92 valence electrons. The zero-order chi connectivity index (χ0) is 12.8. The summed E-state index contributed by atoms with van der Waals surface area (Å²) in [5.74, 6) is -5.00. The highest BCUT2D eigenvalue weighted by atomic mass is 19.3. The van der Waals surface area contributed by atoms with Crippen molar-refractivity contribution in [3.8, 4) is 0 Å². The first-order chi connectivity index (χ1) is 7.77. The SMILES string of the molecule is CC(F)(F)c1ccc(F)c(C2(C(=O)O)CC2)c1. The number of carboxylic acid groups (broad SMARTS) is 1. The molecule has 0 heterocycles. The molecule has 1 fully saturated rings. The molecule has 0 spiro atoms. The van der Waals surface area contributed by atoms with E-state index in [0.717, 1.165) is 18.2 Å². The fourth-order valence-corrected chi connectivity index (χ4v) is 1.89. The highest BCUT2D eigenvalue weighted by Crippen LogP contribution is 2.50. The van der Waals surface area contributed by atoms with Crippen molar-refractivity contribution in [2.75, 3.05) is 0 Å². The predicted octanol–water partition coefficient (Wildman–Crippen LogP) is 3.05. The van der Waals surface area contributed by atoms with Crippen molar-refractivity contribution in [2.24, 2.45) is 0 Å². The molecule has 0 amide bonds. The standard InChI is InChI=1S/C12H11F3O2/c1-11(14,15)7-2-3-9(13)8(6-7)12(4-5-12)10(16)17/h2-3,6H,4-5H2,1H3,(H,16,17). The summed E-state index contributed by atoms with van der Waals surface area (Å²) in [4.78, 5) is 11.0. The van der Waals surface area contributed by atoms with E-state index in [1.54, 1.807) is 0 Å². The summed E-state index contributed by atoms with van der Waals surface area (Å²) in [6.07, 6.45) is 0.579. The minimum absolute atomic E-state index is 0.135. The highest BCUT2D eigenvalue weighted by molar-refractivity contribution is 5.85. The molecule has 0 atom stereocenters. The second-order valence-electron chi connectivity index (χ2n) is 4.47. The van der Waals surface area contributed by atoms with E-state index in [4.69, 9.17) is 5.11 Å². The van der Waals surface area contributed by atoms with Gasteiger partial charge in [0, 0.05) is 18.1 Å². The quantitative estimate of drug-likeness (QED) is 0.887. The molecule has 1 aromatic rings. The van der Waals surface area contributed by atoms with Crippen LogP contribution >= 0.6 is 0 Å². The maximum Gasteiger partial charge on any atom is 0.314 e. The summed E-state index contributed by atoms with van der Waals surface area (Å²) in [5, 5.41) is 9.02. The van der Waals surface area contributed by atoms with Crippen LogP contribution in [-0.4, -0.2) is 11.1 Å². The van der Waals surface area contributed by atoms with Crippen molar-refractivity contribution >= 4 is 5.97 Å². The molecule has 2 rings (SSSR count). The van der Waals surface area contributed by atoms with Crippen LogP contribution in [0.2, 0.25) is 0 Å². The molecule has 5 heteroatoms. The topological polar surface area (TPSA) is 37.3 Å². The molecular formula is C12H11F3O2. The third kappa shape index (κ3) is 1.90. The molecule has 17 heavy (non-hydrogen) atoms. The Bertz CT molecular complexity index is 473. The molecule has 0 radical (unpaired) electrons. The Morgan fingerprint density at radius 1 is 1.41 bits per heavy atom. The van der Waals surface area contributed by atoms with Crippen LogP contribution in [0.5, 0.6) is 0 Å². The maximum atomic E-state index is 13.5. The monoisotopic (exact) mass is 244 g/mol. The molecule has 1 aliphatic rings. The largest absolute Gasteiger partial charge is 0.481 e. The number of hydrogen-bond acceptors (Lipinski definition) is 1. The summed E-state index contributed by atoms with van der Waals surface area (Å²) in [7, 11) is 0. The number of alkyl halides is 2. The first-order valence-corrected chi connectivity index (χ1v) is 5.19. The van der Waals surface area contributed by atoms with Crippen LogP contribution in [0.25, 0.3) is 0 Å². The average Bonchev–Trinajstić information content (AvgIpc) is 2.97. The van der Waals surface area contributed by atoms with Crippen LogP contribution in [0, 0.1) is 5.82 Å². The lowest BCUT2D eigenvalue weighted by Gasteiger charge is -2.16. The van der Waals surface area contributed by atoms with Gasteiger partial charge in [-0.15, -0.1) is 0 Å². The summed E-state index contributed by atoms with van der Waals surface area (Å²) in [6.45, 7) is 0.699. The van der Waals surface area contributed by atoms with Gasteiger partial charge in [-0.25, -0.2) is 13.2 Å². The molecule has 0 unspecified atom stereocenters. The van der Waals surface area contributed by atoms with E-state index >= 15 is 0 Å². The Kier molecular flexibility index (Phi) is 2.45. The van der Waals surface area contributed by atoms with E-state index in [1.165, 1.54) is 0 Å². The van der Waals surface area contributed by atoms with Gasteiger partial charge in [0.1, 0.15) is 5.82 Å². The molecule has 1 N–H and O–H groups in total. The van der Waals surface area contributed by atoms with E-state index in [1.807, 2.05) is 0 Å². The second-order valence-corrected chi connectivity index (χ2v) is 4.47. The van der Waals surface area contributed by atoms with Crippen molar-refractivity contribution in [2.45, 2.75) is 31.1 Å². The van der Waals surface area contributed by atoms with Gasteiger partial charge in [-0.3, -0.25) is 4.79 Å². The Hall–Kier alpha value is -1.52. The zero-order valence-corrected chi connectivity index (χ0v) is 9.14. The first kappa shape index (κ1) is 12.0. The summed E-state index contributed by atoms with van der Waals surface area (Å²) in [6, 6.07) is 2.86. The number of hydrogen-bond donors (Lipinski definition) is 1. The van der Waals surface area contributed by atoms with Gasteiger partial charge in [-0.2, -0.15) is 0 Å². The summed E-state index contributed by atoms with van der Waals surface area (Å²) in [5.41, 5.74) is -1.80. The van der Waals surface area contributed by atoms with E-state index in [2.05, 4.69) is 0 Å². The van der Waals surface area contributed by atoms with Gasteiger partial charge in [-0.05, 0) is 25.0 Å².